The monoisotopic (exact) mass is 489 g/mol. The Morgan fingerprint density at radius 1 is 1.32 bits per heavy atom. The van der Waals surface area contributed by atoms with Crippen LogP contribution in [0.2, 0.25) is 0 Å². The highest BCUT2D eigenvalue weighted by atomic mass is 79.9. The topological polar surface area (TPSA) is 84.1 Å². The summed E-state index contributed by atoms with van der Waals surface area (Å²) < 4.78 is 6.57. The van der Waals surface area contributed by atoms with E-state index in [2.05, 4.69) is 47.1 Å². The van der Waals surface area contributed by atoms with Crippen LogP contribution < -0.4 is 15.6 Å². The Balaban J connectivity index is 2.03. The molecular formula is C16H17Br2N3O3S. The van der Waals surface area contributed by atoms with Crippen molar-refractivity contribution < 1.29 is 9.53 Å². The van der Waals surface area contributed by atoms with E-state index in [4.69, 9.17) is 4.74 Å². The second kappa shape index (κ2) is 9.40. The number of aromatic amines is 1. The van der Waals surface area contributed by atoms with Gasteiger partial charge in [0.2, 0.25) is 5.91 Å². The van der Waals surface area contributed by atoms with Gasteiger partial charge >= 0.3 is 0 Å². The Kier molecular flexibility index (Phi) is 7.52. The third-order valence-electron chi connectivity index (χ3n) is 3.13. The summed E-state index contributed by atoms with van der Waals surface area (Å²) in [5.74, 6) is 0.587. The number of carbonyl (C=O) groups excluding carboxylic acids is 1. The van der Waals surface area contributed by atoms with Gasteiger partial charge in [-0.25, -0.2) is 4.98 Å². The van der Waals surface area contributed by atoms with Gasteiger partial charge in [0.05, 0.1) is 18.6 Å². The average Bonchev–Trinajstić information content (AvgIpc) is 2.56. The van der Waals surface area contributed by atoms with Gasteiger partial charge in [-0.1, -0.05) is 25.1 Å². The first-order valence-electron chi connectivity index (χ1n) is 7.48. The average molecular weight is 491 g/mol. The number of hydrogen-bond donors (Lipinski definition) is 2. The molecule has 1 aromatic carbocycles. The summed E-state index contributed by atoms with van der Waals surface area (Å²) in [7, 11) is 1.57. The van der Waals surface area contributed by atoms with Gasteiger partial charge in [-0.05, 0) is 50.4 Å². The van der Waals surface area contributed by atoms with E-state index in [1.165, 1.54) is 17.8 Å². The van der Waals surface area contributed by atoms with Crippen molar-refractivity contribution in [2.75, 3.05) is 18.2 Å². The maximum Gasteiger partial charge on any atom is 0.251 e. The summed E-state index contributed by atoms with van der Waals surface area (Å²) in [4.78, 5) is 30.9. The number of aromatic nitrogens is 2. The van der Waals surface area contributed by atoms with E-state index in [-0.39, 0.29) is 17.2 Å². The van der Waals surface area contributed by atoms with Crippen molar-refractivity contribution >= 4 is 55.2 Å². The van der Waals surface area contributed by atoms with Crippen LogP contribution in [0.25, 0.3) is 0 Å². The van der Waals surface area contributed by atoms with Crippen molar-refractivity contribution in [2.45, 2.75) is 24.9 Å². The van der Waals surface area contributed by atoms with Gasteiger partial charge in [-0.3, -0.25) is 9.59 Å². The number of halogens is 2. The molecule has 2 rings (SSSR count). The van der Waals surface area contributed by atoms with Gasteiger partial charge in [0.1, 0.15) is 5.75 Å². The number of methoxy groups -OCH3 is 1. The summed E-state index contributed by atoms with van der Waals surface area (Å²) in [5.41, 5.74) is 1.14. The van der Waals surface area contributed by atoms with Crippen LogP contribution in [0.5, 0.6) is 5.75 Å². The number of thioether (sulfide) groups is 1. The van der Waals surface area contributed by atoms with Crippen LogP contribution in [0, 0.1) is 0 Å². The molecule has 0 radical (unpaired) electrons. The summed E-state index contributed by atoms with van der Waals surface area (Å²) in [6, 6.07) is 5.01. The van der Waals surface area contributed by atoms with Gasteiger partial charge in [0.15, 0.2) is 5.16 Å². The number of nitrogens with one attached hydrogen (secondary N) is 2. The molecule has 0 fully saturated rings. The molecule has 0 saturated carbocycles. The first kappa shape index (κ1) is 20.0. The molecule has 1 amide bonds. The van der Waals surface area contributed by atoms with E-state index in [0.29, 0.717) is 25.5 Å². The number of anilines is 1. The molecule has 0 atom stereocenters. The summed E-state index contributed by atoms with van der Waals surface area (Å²) in [6.45, 7) is 2.02. The first-order chi connectivity index (χ1) is 11.9. The van der Waals surface area contributed by atoms with Crippen molar-refractivity contribution in [1.82, 2.24) is 9.97 Å². The van der Waals surface area contributed by atoms with E-state index in [0.717, 1.165) is 18.5 Å². The second-order valence-corrected chi connectivity index (χ2v) is 7.77. The molecule has 0 unspecified atom stereocenters. The number of carbonyl (C=O) groups is 1. The van der Waals surface area contributed by atoms with E-state index >= 15 is 0 Å². The van der Waals surface area contributed by atoms with Crippen molar-refractivity contribution in [3.05, 3.63) is 43.2 Å². The Morgan fingerprint density at radius 2 is 2.00 bits per heavy atom. The zero-order valence-electron chi connectivity index (χ0n) is 13.7. The zero-order chi connectivity index (χ0) is 18.4. The molecule has 0 aliphatic carbocycles. The molecule has 0 bridgehead atoms. The van der Waals surface area contributed by atoms with Gasteiger partial charge in [-0.2, -0.15) is 0 Å². The van der Waals surface area contributed by atoms with Crippen LogP contribution in [0.1, 0.15) is 19.0 Å². The number of H-pyrrole nitrogens is 1. The summed E-state index contributed by atoms with van der Waals surface area (Å²) >= 11 is 8.00. The Hall–Kier alpha value is -1.32. The van der Waals surface area contributed by atoms with Crippen molar-refractivity contribution in [2.24, 2.45) is 0 Å². The van der Waals surface area contributed by atoms with E-state index in [1.807, 2.05) is 6.92 Å². The van der Waals surface area contributed by atoms with Crippen LogP contribution in [0.3, 0.4) is 0 Å². The smallest absolute Gasteiger partial charge is 0.251 e. The van der Waals surface area contributed by atoms with Crippen LogP contribution in [-0.4, -0.2) is 28.7 Å². The maximum absolute atomic E-state index is 12.2. The van der Waals surface area contributed by atoms with Crippen LogP contribution >= 0.6 is 43.6 Å². The number of benzene rings is 1. The van der Waals surface area contributed by atoms with Crippen LogP contribution in [0.15, 0.2) is 37.1 Å². The molecule has 2 aromatic rings. The second-order valence-electron chi connectivity index (χ2n) is 5.09. The Morgan fingerprint density at radius 3 is 2.60 bits per heavy atom. The quantitative estimate of drug-likeness (QED) is 0.452. The lowest BCUT2D eigenvalue weighted by Crippen LogP contribution is -2.16. The van der Waals surface area contributed by atoms with E-state index < -0.39 is 0 Å². The highest BCUT2D eigenvalue weighted by molar-refractivity contribution is 9.11. The highest BCUT2D eigenvalue weighted by Crippen LogP contribution is 2.35. The molecular weight excluding hydrogens is 474 g/mol. The third-order valence-corrected chi connectivity index (χ3v) is 5.26. The van der Waals surface area contributed by atoms with Gasteiger partial charge in [0, 0.05) is 20.7 Å². The predicted octanol–water partition coefficient (Wildman–Crippen LogP) is 3.99. The SMILES string of the molecule is CCCc1cc(=O)[nH]c(SCC(=O)Nc2c(Br)cc(OC)cc2Br)n1. The van der Waals surface area contributed by atoms with Crippen LogP contribution in [0.4, 0.5) is 5.69 Å². The Labute approximate surface area is 166 Å². The maximum atomic E-state index is 12.2. The lowest BCUT2D eigenvalue weighted by Gasteiger charge is -2.11. The van der Waals surface area contributed by atoms with E-state index in [9.17, 15) is 9.59 Å². The standard InChI is InChI=1S/C16H17Br2N3O3S/c1-3-4-9-5-13(22)21-16(19-9)25-8-14(23)20-15-11(17)6-10(24-2)7-12(15)18/h5-7H,3-4,8H2,1-2H3,(H,20,23)(H,19,21,22). The molecule has 0 aliphatic heterocycles. The lowest BCUT2D eigenvalue weighted by atomic mass is 10.2. The normalized spacial score (nSPS) is 10.6. The fourth-order valence-electron chi connectivity index (χ4n) is 2.03. The number of ether oxygens (including phenoxy) is 1. The van der Waals surface area contributed by atoms with Crippen molar-refractivity contribution in [3.8, 4) is 5.75 Å². The molecule has 0 aliphatic rings. The molecule has 0 saturated heterocycles. The number of amides is 1. The summed E-state index contributed by atoms with van der Waals surface area (Å²) in [6.07, 6.45) is 1.63. The molecule has 2 N–H and O–H groups in total. The largest absolute Gasteiger partial charge is 0.497 e. The van der Waals surface area contributed by atoms with Crippen LogP contribution in [-0.2, 0) is 11.2 Å². The molecule has 0 spiro atoms. The molecule has 134 valence electrons. The number of nitrogens with zero attached hydrogens (tertiary/aromatic N) is 1. The number of rotatable bonds is 7. The first-order valence-corrected chi connectivity index (χ1v) is 10.1. The fraction of sp³-hybridized carbons (Fsp3) is 0.312. The Bertz CT molecular complexity index is 804. The van der Waals surface area contributed by atoms with Crippen molar-refractivity contribution in [1.29, 1.82) is 0 Å². The van der Waals surface area contributed by atoms with Gasteiger partial charge in [0.25, 0.3) is 5.56 Å². The van der Waals surface area contributed by atoms with Crippen molar-refractivity contribution in [3.63, 3.8) is 0 Å². The highest BCUT2D eigenvalue weighted by Gasteiger charge is 2.12. The van der Waals surface area contributed by atoms with Gasteiger partial charge < -0.3 is 15.0 Å². The molecule has 25 heavy (non-hydrogen) atoms. The molecule has 6 nitrogen and oxygen atoms in total. The molecule has 9 heteroatoms. The predicted molar refractivity (Wildman–Crippen MR) is 107 cm³/mol. The minimum atomic E-state index is -0.208. The molecule has 1 aromatic heterocycles. The van der Waals surface area contributed by atoms with Gasteiger partial charge in [-0.15, -0.1) is 0 Å². The number of hydrogen-bond acceptors (Lipinski definition) is 5. The lowest BCUT2D eigenvalue weighted by molar-refractivity contribution is -0.113. The zero-order valence-corrected chi connectivity index (χ0v) is 17.7. The van der Waals surface area contributed by atoms with E-state index in [1.54, 1.807) is 19.2 Å². The summed E-state index contributed by atoms with van der Waals surface area (Å²) in [5, 5.41) is 3.27. The third kappa shape index (κ3) is 5.86. The fourth-order valence-corrected chi connectivity index (χ4v) is 4.07. The minimum Gasteiger partial charge on any atom is -0.497 e. The minimum absolute atomic E-state index is 0.128. The molecule has 1 heterocycles. The number of aryl methyl sites for hydroxylation is 1.